The largest absolute Gasteiger partial charge is 0.192 e. The molecule has 0 aliphatic rings. The van der Waals surface area contributed by atoms with E-state index in [0.29, 0.717) is 0 Å². The molecule has 0 fully saturated rings. The first kappa shape index (κ1) is 29.2. The highest BCUT2D eigenvalue weighted by atomic mass is 35.5. The van der Waals surface area contributed by atoms with E-state index in [-0.39, 0.29) is 31.2 Å². The third kappa shape index (κ3) is 5.86. The van der Waals surface area contributed by atoms with Gasteiger partial charge in [-0.3, -0.25) is 0 Å². The number of nitrogens with zero attached hydrogens (tertiary/aromatic N) is 2. The molecule has 2 nitrogen and oxygen atoms in total. The summed E-state index contributed by atoms with van der Waals surface area (Å²) in [5, 5.41) is 27.8. The van der Waals surface area contributed by atoms with Gasteiger partial charge < -0.3 is 0 Å². The van der Waals surface area contributed by atoms with Crippen LogP contribution in [0.1, 0.15) is 11.1 Å². The van der Waals surface area contributed by atoms with Crippen LogP contribution in [0.4, 0.5) is 0 Å². The van der Waals surface area contributed by atoms with Gasteiger partial charge in [0.1, 0.15) is 12.1 Å². The van der Waals surface area contributed by atoms with E-state index < -0.39 is 0 Å². The number of rotatable bonds is 0. The van der Waals surface area contributed by atoms with Gasteiger partial charge in [-0.2, -0.15) is 10.5 Å². The highest BCUT2D eigenvalue weighted by molar-refractivity contribution is 6.49. The van der Waals surface area contributed by atoms with Gasteiger partial charge in [0.2, 0.25) is 0 Å². The Balaban J connectivity index is 0.000000126. The quantitative estimate of drug-likeness (QED) is 0.125. The lowest BCUT2D eigenvalue weighted by Crippen LogP contribution is -1.89. The van der Waals surface area contributed by atoms with E-state index >= 15 is 0 Å². The van der Waals surface area contributed by atoms with E-state index in [9.17, 15) is 0 Å². The smallest absolute Gasteiger partial charge is 0.102 e. The normalized spacial score (nSPS) is 10.3. The van der Waals surface area contributed by atoms with Crippen molar-refractivity contribution in [3.63, 3.8) is 0 Å². The Bertz CT molecular complexity index is 1880. The molecule has 0 N–H and O–H groups in total. The molecule has 0 spiro atoms. The van der Waals surface area contributed by atoms with Crippen LogP contribution in [0.25, 0.3) is 43.1 Å². The molecule has 0 unspecified atom stereocenters. The Kier molecular flexibility index (Phi) is 9.14. The standard InChI is InChI=1S/2C14H10.C8Cl4N2/c2*1-3-7-13-11(5-1)9-10-12-6-2-4-8-14(12)13;9-5-3(1-13)6(10)8(12)4(2-14)7(5)11/h2*1-10H;. The lowest BCUT2D eigenvalue weighted by molar-refractivity contribution is 1.45. The molecule has 0 aliphatic carbocycles. The molecule has 0 bridgehead atoms. The second kappa shape index (κ2) is 13.1. The highest BCUT2D eigenvalue weighted by Crippen LogP contribution is 2.40. The molecule has 7 rings (SSSR count). The van der Waals surface area contributed by atoms with E-state index in [2.05, 4.69) is 121 Å². The van der Waals surface area contributed by atoms with Crippen LogP contribution in [-0.2, 0) is 0 Å². The first-order valence-corrected chi connectivity index (χ1v) is 14.3. The highest BCUT2D eigenvalue weighted by Gasteiger charge is 2.19. The van der Waals surface area contributed by atoms with Gasteiger partial charge in [0.25, 0.3) is 0 Å². The fourth-order valence-electron chi connectivity index (χ4n) is 4.74. The number of hydrogen-bond donors (Lipinski definition) is 0. The van der Waals surface area contributed by atoms with Gasteiger partial charge in [-0.15, -0.1) is 0 Å². The van der Waals surface area contributed by atoms with Crippen molar-refractivity contribution in [1.29, 1.82) is 10.5 Å². The number of halogens is 4. The van der Waals surface area contributed by atoms with Crippen molar-refractivity contribution in [3.05, 3.63) is 153 Å². The summed E-state index contributed by atoms with van der Waals surface area (Å²) in [7, 11) is 0. The molecule has 0 amide bonds. The first-order chi connectivity index (χ1) is 20.4. The van der Waals surface area contributed by atoms with Crippen molar-refractivity contribution in [3.8, 4) is 12.1 Å². The molecule has 0 atom stereocenters. The van der Waals surface area contributed by atoms with E-state index in [4.69, 9.17) is 56.9 Å². The molecule has 7 aromatic rings. The number of hydrogen-bond acceptors (Lipinski definition) is 2. The maximum absolute atomic E-state index is 8.69. The Hall–Kier alpha value is -4.28. The lowest BCUT2D eigenvalue weighted by atomic mass is 10.0. The lowest BCUT2D eigenvalue weighted by Gasteiger charge is -2.05. The van der Waals surface area contributed by atoms with E-state index in [1.54, 1.807) is 12.1 Å². The van der Waals surface area contributed by atoms with Crippen LogP contribution in [0, 0.1) is 22.7 Å². The van der Waals surface area contributed by atoms with Gasteiger partial charge in [-0.25, -0.2) is 0 Å². The number of fused-ring (bicyclic) bond motifs is 6. The van der Waals surface area contributed by atoms with Crippen LogP contribution >= 0.6 is 46.4 Å². The van der Waals surface area contributed by atoms with Gasteiger partial charge in [0, 0.05) is 0 Å². The summed E-state index contributed by atoms with van der Waals surface area (Å²) in [5.41, 5.74) is -0.0512. The Morgan fingerprint density at radius 2 is 0.548 bits per heavy atom. The summed E-state index contributed by atoms with van der Waals surface area (Å²) >= 11 is 22.8. The van der Waals surface area contributed by atoms with Gasteiger partial charge in [0.05, 0.1) is 31.2 Å². The van der Waals surface area contributed by atoms with Gasteiger partial charge in [0.15, 0.2) is 0 Å². The van der Waals surface area contributed by atoms with Crippen LogP contribution < -0.4 is 0 Å². The number of nitriles is 2. The van der Waals surface area contributed by atoms with Crippen molar-refractivity contribution >= 4 is 89.5 Å². The zero-order chi connectivity index (χ0) is 29.6. The van der Waals surface area contributed by atoms with Crippen LogP contribution in [0.2, 0.25) is 20.1 Å². The van der Waals surface area contributed by atoms with E-state index in [1.165, 1.54) is 43.1 Å². The van der Waals surface area contributed by atoms with Gasteiger partial charge in [-0.1, -0.05) is 168 Å². The monoisotopic (exact) mass is 620 g/mol. The average Bonchev–Trinajstić information content (AvgIpc) is 3.05. The molecule has 6 heteroatoms. The molecule has 0 aliphatic heterocycles. The SMILES string of the molecule is N#Cc1c(Cl)c(Cl)c(C#N)c(Cl)c1Cl.c1ccc2c(c1)ccc1ccccc12.c1ccc2c(c1)ccc1ccccc12. The van der Waals surface area contributed by atoms with Crippen LogP contribution in [-0.4, -0.2) is 0 Å². The molecule has 0 radical (unpaired) electrons. The average molecular weight is 622 g/mol. The second-order valence-corrected chi connectivity index (χ2v) is 10.8. The fraction of sp³-hybridized carbons (Fsp3) is 0. The molecule has 0 heterocycles. The first-order valence-electron chi connectivity index (χ1n) is 12.8. The molecule has 7 aromatic carbocycles. The third-order valence-corrected chi connectivity index (χ3v) is 8.50. The van der Waals surface area contributed by atoms with Crippen molar-refractivity contribution in [2.45, 2.75) is 0 Å². The van der Waals surface area contributed by atoms with Crippen LogP contribution in [0.5, 0.6) is 0 Å². The van der Waals surface area contributed by atoms with Crippen molar-refractivity contribution in [2.75, 3.05) is 0 Å². The maximum atomic E-state index is 8.69. The molecular formula is C36H20Cl4N2. The van der Waals surface area contributed by atoms with Crippen molar-refractivity contribution < 1.29 is 0 Å². The summed E-state index contributed by atoms with van der Waals surface area (Å²) in [6, 6.07) is 46.2. The Morgan fingerprint density at radius 3 is 0.762 bits per heavy atom. The van der Waals surface area contributed by atoms with Crippen molar-refractivity contribution in [2.24, 2.45) is 0 Å². The van der Waals surface area contributed by atoms with Gasteiger partial charge >= 0.3 is 0 Å². The topological polar surface area (TPSA) is 47.6 Å². The van der Waals surface area contributed by atoms with Crippen molar-refractivity contribution in [1.82, 2.24) is 0 Å². The van der Waals surface area contributed by atoms with Crippen LogP contribution in [0.3, 0.4) is 0 Å². The minimum Gasteiger partial charge on any atom is -0.192 e. The summed E-state index contributed by atoms with van der Waals surface area (Å²) in [4.78, 5) is 0. The fourth-order valence-corrected chi connectivity index (χ4v) is 5.76. The Morgan fingerprint density at radius 1 is 0.333 bits per heavy atom. The summed E-state index contributed by atoms with van der Waals surface area (Å²) in [5.74, 6) is 0. The summed E-state index contributed by atoms with van der Waals surface area (Å²) < 4.78 is 0. The maximum Gasteiger partial charge on any atom is 0.102 e. The minimum absolute atomic E-state index is 0.0256. The molecule has 42 heavy (non-hydrogen) atoms. The molecule has 202 valence electrons. The predicted octanol–water partition coefficient (Wildman–Crippen LogP) is 12.0. The third-order valence-electron chi connectivity index (χ3n) is 6.80. The summed E-state index contributed by atoms with van der Waals surface area (Å²) in [6.07, 6.45) is 0. The predicted molar refractivity (Wildman–Crippen MR) is 179 cm³/mol. The molecule has 0 saturated carbocycles. The number of benzene rings is 7. The minimum atomic E-state index is -0.0554. The van der Waals surface area contributed by atoms with Gasteiger partial charge in [-0.05, 0) is 43.1 Å². The summed E-state index contributed by atoms with van der Waals surface area (Å²) in [6.45, 7) is 0. The Labute approximate surface area is 263 Å². The second-order valence-electron chi connectivity index (χ2n) is 9.25. The van der Waals surface area contributed by atoms with Crippen LogP contribution in [0.15, 0.2) is 121 Å². The zero-order valence-electron chi connectivity index (χ0n) is 22.0. The molecule has 0 aromatic heterocycles. The molecular weight excluding hydrogens is 602 g/mol. The molecule has 0 saturated heterocycles. The van der Waals surface area contributed by atoms with E-state index in [0.717, 1.165) is 0 Å². The zero-order valence-corrected chi connectivity index (χ0v) is 25.0. The van der Waals surface area contributed by atoms with E-state index in [1.807, 2.05) is 0 Å².